The molecule has 0 spiro atoms. The fraction of sp³-hybridized carbons (Fsp3) is 0.500. The second-order valence-electron chi connectivity index (χ2n) is 6.73. The average Bonchev–Trinajstić information content (AvgIpc) is 2.85. The van der Waals surface area contributed by atoms with E-state index in [4.69, 9.17) is 9.47 Å². The van der Waals surface area contributed by atoms with E-state index < -0.39 is 40.1 Å². The molecule has 0 unspecified atom stereocenters. The van der Waals surface area contributed by atoms with Crippen molar-refractivity contribution in [2.24, 2.45) is 9.39 Å². The lowest BCUT2D eigenvalue weighted by atomic mass is 9.87. The van der Waals surface area contributed by atoms with Gasteiger partial charge in [0.15, 0.2) is 0 Å². The van der Waals surface area contributed by atoms with Crippen LogP contribution in [0, 0.1) is 0 Å². The Morgan fingerprint density at radius 1 is 1.38 bits per heavy atom. The van der Waals surface area contributed by atoms with Crippen LogP contribution in [0.5, 0.6) is 11.5 Å². The smallest absolute Gasteiger partial charge is 0.485 e. The fourth-order valence-corrected chi connectivity index (χ4v) is 3.66. The Balaban J connectivity index is 2.08. The molecule has 0 aromatic heterocycles. The summed E-state index contributed by atoms with van der Waals surface area (Å²) in [6.45, 7) is 4.82. The number of hydrogen-bond donors (Lipinski definition) is 2. The van der Waals surface area contributed by atoms with Crippen LogP contribution in [-0.4, -0.2) is 49.9 Å². The number of alkyl halides is 3. The van der Waals surface area contributed by atoms with Gasteiger partial charge < -0.3 is 19.3 Å². The number of rotatable bonds is 3. The molecule has 0 fully saturated rings. The maximum Gasteiger partial charge on any atom is 0.573 e. The molecule has 0 amide bonds. The maximum absolute atomic E-state index is 12.6. The van der Waals surface area contributed by atoms with Gasteiger partial charge in [-0.15, -0.1) is 17.6 Å². The lowest BCUT2D eigenvalue weighted by Gasteiger charge is -2.40. The van der Waals surface area contributed by atoms with Gasteiger partial charge in [0.25, 0.3) is 5.90 Å². The van der Waals surface area contributed by atoms with E-state index in [2.05, 4.69) is 18.8 Å². The number of hydrogen-bond acceptors (Lipinski definition) is 7. The minimum Gasteiger partial charge on any atom is -0.485 e. The molecule has 2 N–H and O–H groups in total. The first-order chi connectivity index (χ1) is 13.3. The molecule has 2 aliphatic rings. The van der Waals surface area contributed by atoms with Crippen molar-refractivity contribution in [3.8, 4) is 11.5 Å². The summed E-state index contributed by atoms with van der Waals surface area (Å²) in [6, 6.07) is 2.16. The second-order valence-corrected chi connectivity index (χ2v) is 8.06. The minimum atomic E-state index is -4.92. The van der Waals surface area contributed by atoms with Gasteiger partial charge in [-0.05, 0) is 39.0 Å². The molecule has 1 aromatic carbocycles. The summed E-state index contributed by atoms with van der Waals surface area (Å²) in [7, 11) is -4.08. The van der Waals surface area contributed by atoms with Crippen LogP contribution in [0.3, 0.4) is 0 Å². The fourth-order valence-electron chi connectivity index (χ4n) is 2.88. The van der Waals surface area contributed by atoms with Gasteiger partial charge >= 0.3 is 16.6 Å². The van der Waals surface area contributed by atoms with Crippen LogP contribution in [0.25, 0.3) is 0 Å². The van der Waals surface area contributed by atoms with E-state index in [0.29, 0.717) is 0 Å². The molecular weight excluding hydrogens is 419 g/mol. The largest absolute Gasteiger partial charge is 0.573 e. The summed E-state index contributed by atoms with van der Waals surface area (Å²) < 4.78 is 81.4. The molecule has 0 saturated heterocycles. The van der Waals surface area contributed by atoms with Crippen molar-refractivity contribution in [3.05, 3.63) is 23.8 Å². The van der Waals surface area contributed by atoms with Crippen molar-refractivity contribution in [2.45, 2.75) is 44.9 Å². The van der Waals surface area contributed by atoms with Crippen molar-refractivity contribution in [1.82, 2.24) is 4.72 Å². The van der Waals surface area contributed by atoms with E-state index in [1.807, 2.05) is 0 Å². The molecule has 160 valence electrons. The molecular formula is C16H18F3N3O6S. The summed E-state index contributed by atoms with van der Waals surface area (Å²) in [6.07, 6.45) is -6.25. The number of aliphatic hydroxyl groups excluding tert-OH is 1. The molecule has 0 bridgehead atoms. The van der Waals surface area contributed by atoms with Gasteiger partial charge in [-0.1, -0.05) is 0 Å². The highest BCUT2D eigenvalue weighted by atomic mass is 32.2. The standard InChI is InChI=1S/C16H18F3N3O6S/c1-4-26-14-13(21-29(24,25)22-14)20-11-9-7-8(27-16(17,18)19)5-6-10(9)28-15(2,3)12(11)23/h5-7,11-12,23H,4H2,1-3H3,(H,20,21)/t11-,12+/m1/s1. The van der Waals surface area contributed by atoms with Crippen LogP contribution in [0.1, 0.15) is 32.4 Å². The number of benzene rings is 1. The number of ether oxygens (including phenoxy) is 3. The number of aliphatic hydroxyl groups is 1. The number of aliphatic imine (C=N–C) groups is 1. The predicted octanol–water partition coefficient (Wildman–Crippen LogP) is 1.84. The summed E-state index contributed by atoms with van der Waals surface area (Å²) in [5.74, 6) is -0.961. The molecule has 29 heavy (non-hydrogen) atoms. The molecule has 3 rings (SSSR count). The normalized spacial score (nSPS) is 26.2. The number of amidine groups is 1. The van der Waals surface area contributed by atoms with Crippen molar-refractivity contribution < 1.29 is 40.9 Å². The van der Waals surface area contributed by atoms with Crippen LogP contribution < -0.4 is 14.2 Å². The Morgan fingerprint density at radius 2 is 2.07 bits per heavy atom. The number of fused-ring (bicyclic) bond motifs is 1. The van der Waals surface area contributed by atoms with Gasteiger partial charge in [-0.2, -0.15) is 8.42 Å². The number of nitrogens with one attached hydrogen (secondary N) is 1. The zero-order valence-electron chi connectivity index (χ0n) is 15.5. The van der Waals surface area contributed by atoms with Crippen molar-refractivity contribution in [2.75, 3.05) is 6.61 Å². The number of nitrogens with zero attached hydrogens (tertiary/aromatic N) is 2. The quantitative estimate of drug-likeness (QED) is 0.745. The van der Waals surface area contributed by atoms with Crippen LogP contribution >= 0.6 is 0 Å². The third-order valence-corrected chi connectivity index (χ3v) is 4.96. The Bertz CT molecular complexity index is 975. The summed E-state index contributed by atoms with van der Waals surface area (Å²) in [5, 5.41) is 10.7. The average molecular weight is 437 g/mol. The van der Waals surface area contributed by atoms with Gasteiger partial charge in [-0.25, -0.2) is 4.72 Å². The van der Waals surface area contributed by atoms with E-state index in [-0.39, 0.29) is 29.7 Å². The van der Waals surface area contributed by atoms with Crippen molar-refractivity contribution in [3.63, 3.8) is 0 Å². The highest BCUT2D eigenvalue weighted by molar-refractivity contribution is 7.89. The van der Waals surface area contributed by atoms with E-state index in [1.165, 1.54) is 6.07 Å². The molecule has 13 heteroatoms. The molecule has 2 atom stereocenters. The van der Waals surface area contributed by atoms with E-state index in [0.717, 1.165) is 12.1 Å². The third-order valence-electron chi connectivity index (χ3n) is 4.10. The second kappa shape index (κ2) is 7.06. The molecule has 2 aliphatic heterocycles. The zero-order valence-corrected chi connectivity index (χ0v) is 16.3. The highest BCUT2D eigenvalue weighted by Crippen LogP contribution is 2.44. The lowest BCUT2D eigenvalue weighted by molar-refractivity contribution is -0.274. The predicted molar refractivity (Wildman–Crippen MR) is 95.1 cm³/mol. The van der Waals surface area contributed by atoms with Crippen LogP contribution in [0.4, 0.5) is 13.2 Å². The molecule has 0 saturated carbocycles. The first kappa shape index (κ1) is 21.2. The highest BCUT2D eigenvalue weighted by Gasteiger charge is 2.44. The monoisotopic (exact) mass is 437 g/mol. The molecule has 0 radical (unpaired) electrons. The zero-order chi connectivity index (χ0) is 21.6. The van der Waals surface area contributed by atoms with Gasteiger partial charge in [0.2, 0.25) is 5.84 Å². The summed E-state index contributed by atoms with van der Waals surface area (Å²) >= 11 is 0. The van der Waals surface area contributed by atoms with Crippen molar-refractivity contribution in [1.29, 1.82) is 0 Å². The van der Waals surface area contributed by atoms with Crippen molar-refractivity contribution >= 4 is 21.9 Å². The van der Waals surface area contributed by atoms with Gasteiger partial charge in [0.1, 0.15) is 29.2 Å². The first-order valence-corrected chi connectivity index (χ1v) is 9.86. The van der Waals surface area contributed by atoms with Gasteiger partial charge in [0.05, 0.1) is 6.61 Å². The Kier molecular flexibility index (Phi) is 5.15. The van der Waals surface area contributed by atoms with Crippen LogP contribution in [-0.2, 0) is 14.9 Å². The first-order valence-electron chi connectivity index (χ1n) is 8.42. The van der Waals surface area contributed by atoms with Gasteiger partial charge in [0, 0.05) is 5.56 Å². The topological polar surface area (TPSA) is 119 Å². The number of halogens is 3. The lowest BCUT2D eigenvalue weighted by Crippen LogP contribution is -2.49. The summed E-state index contributed by atoms with van der Waals surface area (Å²) in [4.78, 5) is 4.19. The molecule has 1 aromatic rings. The van der Waals surface area contributed by atoms with E-state index >= 15 is 0 Å². The van der Waals surface area contributed by atoms with Crippen LogP contribution in [0.15, 0.2) is 27.6 Å². The molecule has 0 aliphatic carbocycles. The molecule has 2 heterocycles. The minimum absolute atomic E-state index is 0.0769. The summed E-state index contributed by atoms with van der Waals surface area (Å²) in [5.41, 5.74) is -1.10. The SMILES string of the molecule is CCOC1=NS(=O)(=O)NC1=N[C@@H]1c2cc(OC(F)(F)F)ccc2OC(C)(C)[C@H]1O. The Hall–Kier alpha value is -2.54. The Morgan fingerprint density at radius 3 is 2.69 bits per heavy atom. The molecule has 9 nitrogen and oxygen atoms in total. The van der Waals surface area contributed by atoms with Crippen LogP contribution in [0.2, 0.25) is 0 Å². The third kappa shape index (κ3) is 4.56. The van der Waals surface area contributed by atoms with E-state index in [9.17, 15) is 26.7 Å². The maximum atomic E-state index is 12.6. The van der Waals surface area contributed by atoms with E-state index in [1.54, 1.807) is 20.8 Å². The van der Waals surface area contributed by atoms with Gasteiger partial charge in [-0.3, -0.25) is 4.99 Å². The Labute approximate surface area is 164 Å².